The number of hydrogen-bond acceptors (Lipinski definition) is 4. The molecule has 2 N–H and O–H groups in total. The molecule has 2 heterocycles. The van der Waals surface area contributed by atoms with Crippen molar-refractivity contribution in [3.8, 4) is 0 Å². The first-order valence-electron chi connectivity index (χ1n) is 11.4. The Morgan fingerprint density at radius 1 is 1.03 bits per heavy atom. The molecule has 0 aliphatic carbocycles. The van der Waals surface area contributed by atoms with Crippen LogP contribution in [0.25, 0.3) is 10.9 Å². The molecule has 0 spiro atoms. The summed E-state index contributed by atoms with van der Waals surface area (Å²) >= 11 is 3.29. The highest BCUT2D eigenvalue weighted by atomic mass is 79.9. The van der Waals surface area contributed by atoms with Gasteiger partial charge >= 0.3 is 6.18 Å². The number of aromatic nitrogens is 3. The molecule has 0 unspecified atom stereocenters. The van der Waals surface area contributed by atoms with E-state index in [2.05, 4.69) is 36.6 Å². The van der Waals surface area contributed by atoms with Crippen LogP contribution in [0, 0.1) is 13.8 Å². The highest BCUT2D eigenvalue weighted by Gasteiger charge is 2.34. The average molecular weight is 592 g/mol. The van der Waals surface area contributed by atoms with Crippen molar-refractivity contribution < 1.29 is 27.2 Å². The Morgan fingerprint density at radius 2 is 1.74 bits per heavy atom. The van der Waals surface area contributed by atoms with E-state index in [-0.39, 0.29) is 28.9 Å². The summed E-state index contributed by atoms with van der Waals surface area (Å²) in [6.45, 7) is 3.01. The van der Waals surface area contributed by atoms with E-state index in [0.29, 0.717) is 33.7 Å². The van der Waals surface area contributed by atoms with E-state index in [1.807, 2.05) is 0 Å². The second kappa shape index (κ2) is 10.9. The van der Waals surface area contributed by atoms with Crippen LogP contribution in [0.3, 0.4) is 0 Å². The number of rotatable bonds is 7. The molecule has 0 fully saturated rings. The Labute approximate surface area is 223 Å². The third kappa shape index (κ3) is 5.85. The number of hydrogen-bond donors (Lipinski definition) is 2. The number of anilines is 1. The Hall–Kier alpha value is -3.80. The number of halogens is 5. The van der Waals surface area contributed by atoms with Crippen molar-refractivity contribution >= 4 is 44.3 Å². The SMILES string of the molecule is Cc1nn(Cc2ccc(C(=O)NCCF)cc2)c(C)c1NC(=O)c1cc(C(F)(F)F)nc2ccc(Br)cc12. The van der Waals surface area contributed by atoms with Gasteiger partial charge < -0.3 is 10.6 Å². The fourth-order valence-corrected chi connectivity index (χ4v) is 4.30. The molecule has 0 aliphatic rings. The molecule has 38 heavy (non-hydrogen) atoms. The zero-order valence-electron chi connectivity index (χ0n) is 20.3. The molecule has 0 radical (unpaired) electrons. The van der Waals surface area contributed by atoms with Crippen LogP contribution in [-0.4, -0.2) is 39.8 Å². The van der Waals surface area contributed by atoms with Crippen LogP contribution < -0.4 is 10.6 Å². The van der Waals surface area contributed by atoms with Gasteiger partial charge in [-0.2, -0.15) is 18.3 Å². The van der Waals surface area contributed by atoms with Gasteiger partial charge in [-0.25, -0.2) is 9.37 Å². The number of fused-ring (bicyclic) bond motifs is 1. The standard InChI is InChI=1S/C26H22BrF4N5O2/c1-14-23(15(2)36(35-14)13-16-3-5-17(6-4-16)24(37)32-10-9-28)34-25(38)20-12-22(26(29,30)31)33-21-8-7-18(27)11-19(20)21/h3-8,11-12H,9-10,13H2,1-2H3,(H,32,37)(H,34,38). The van der Waals surface area contributed by atoms with Gasteiger partial charge in [0.15, 0.2) is 0 Å². The van der Waals surface area contributed by atoms with Gasteiger partial charge in [0.1, 0.15) is 12.4 Å². The van der Waals surface area contributed by atoms with E-state index >= 15 is 0 Å². The summed E-state index contributed by atoms with van der Waals surface area (Å²) in [5, 5.41) is 9.90. The Bertz CT molecular complexity index is 1520. The third-order valence-corrected chi connectivity index (χ3v) is 6.35. The van der Waals surface area contributed by atoms with Gasteiger partial charge in [0.05, 0.1) is 34.7 Å². The predicted octanol–water partition coefficient (Wildman–Crippen LogP) is 5.83. The monoisotopic (exact) mass is 591 g/mol. The number of carbonyl (C=O) groups is 2. The summed E-state index contributed by atoms with van der Waals surface area (Å²) < 4.78 is 54.9. The molecular formula is C26H22BrF4N5O2. The summed E-state index contributed by atoms with van der Waals surface area (Å²) in [4.78, 5) is 28.9. The number of nitrogens with one attached hydrogen (secondary N) is 2. The molecule has 0 atom stereocenters. The average Bonchev–Trinajstić information content (AvgIpc) is 3.13. The lowest BCUT2D eigenvalue weighted by Crippen LogP contribution is -2.25. The normalized spacial score (nSPS) is 11.6. The lowest BCUT2D eigenvalue weighted by Gasteiger charge is -2.13. The van der Waals surface area contributed by atoms with Crippen molar-refractivity contribution in [2.75, 3.05) is 18.5 Å². The van der Waals surface area contributed by atoms with E-state index in [9.17, 15) is 27.2 Å². The Morgan fingerprint density at radius 3 is 2.39 bits per heavy atom. The van der Waals surface area contributed by atoms with Gasteiger partial charge in [0.25, 0.3) is 11.8 Å². The van der Waals surface area contributed by atoms with E-state index in [1.54, 1.807) is 54.9 Å². The lowest BCUT2D eigenvalue weighted by atomic mass is 10.1. The molecule has 0 saturated carbocycles. The van der Waals surface area contributed by atoms with Crippen LogP contribution in [0.2, 0.25) is 0 Å². The zero-order chi connectivity index (χ0) is 27.6. The van der Waals surface area contributed by atoms with Gasteiger partial charge in [-0.05, 0) is 55.8 Å². The van der Waals surface area contributed by atoms with Gasteiger partial charge in [-0.1, -0.05) is 28.1 Å². The summed E-state index contributed by atoms with van der Waals surface area (Å²) in [6.07, 6.45) is -4.73. The second-order valence-corrected chi connectivity index (χ2v) is 9.43. The minimum absolute atomic E-state index is 0.0409. The molecule has 198 valence electrons. The third-order valence-electron chi connectivity index (χ3n) is 5.85. The number of benzene rings is 2. The van der Waals surface area contributed by atoms with Crippen LogP contribution >= 0.6 is 15.9 Å². The van der Waals surface area contributed by atoms with Crippen LogP contribution in [-0.2, 0) is 12.7 Å². The number of pyridine rings is 1. The van der Waals surface area contributed by atoms with Gasteiger partial charge in [0, 0.05) is 22.0 Å². The molecule has 12 heteroatoms. The second-order valence-electron chi connectivity index (χ2n) is 8.51. The molecule has 4 rings (SSSR count). The largest absolute Gasteiger partial charge is 0.433 e. The minimum Gasteiger partial charge on any atom is -0.349 e. The van der Waals surface area contributed by atoms with Gasteiger partial charge in [-0.15, -0.1) is 0 Å². The molecule has 4 aromatic rings. The lowest BCUT2D eigenvalue weighted by molar-refractivity contribution is -0.141. The van der Waals surface area contributed by atoms with Crippen LogP contribution in [0.5, 0.6) is 0 Å². The summed E-state index contributed by atoms with van der Waals surface area (Å²) in [7, 11) is 0. The van der Waals surface area contributed by atoms with E-state index in [4.69, 9.17) is 0 Å². The maximum atomic E-state index is 13.5. The molecule has 2 aromatic carbocycles. The summed E-state index contributed by atoms with van der Waals surface area (Å²) in [5.41, 5.74) is 1.36. The maximum Gasteiger partial charge on any atom is 0.433 e. The zero-order valence-corrected chi connectivity index (χ0v) is 21.9. The fourth-order valence-electron chi connectivity index (χ4n) is 3.94. The van der Waals surface area contributed by atoms with Crippen LogP contribution in [0.15, 0.2) is 53.0 Å². The van der Waals surface area contributed by atoms with Crippen molar-refractivity contribution in [3.63, 3.8) is 0 Å². The van der Waals surface area contributed by atoms with Gasteiger partial charge in [-0.3, -0.25) is 14.3 Å². The summed E-state index contributed by atoms with van der Waals surface area (Å²) in [5.74, 6) is -1.11. The van der Waals surface area contributed by atoms with Crippen molar-refractivity contribution in [3.05, 3.63) is 86.8 Å². The fraction of sp³-hybridized carbons (Fsp3) is 0.231. The first kappa shape index (κ1) is 27.2. The molecule has 7 nitrogen and oxygen atoms in total. The quantitative estimate of drug-likeness (QED) is 0.265. The summed E-state index contributed by atoms with van der Waals surface area (Å²) in [6, 6.07) is 11.9. The van der Waals surface area contributed by atoms with E-state index in [1.165, 1.54) is 6.07 Å². The molecular weight excluding hydrogens is 570 g/mol. The molecule has 0 aliphatic heterocycles. The number of carbonyl (C=O) groups excluding carboxylic acids is 2. The first-order valence-corrected chi connectivity index (χ1v) is 12.2. The molecule has 0 saturated heterocycles. The van der Waals surface area contributed by atoms with Crippen molar-refractivity contribution in [1.82, 2.24) is 20.1 Å². The molecule has 2 amide bonds. The van der Waals surface area contributed by atoms with Crippen LogP contribution in [0.4, 0.5) is 23.2 Å². The minimum atomic E-state index is -4.73. The van der Waals surface area contributed by atoms with Gasteiger partial charge in [0.2, 0.25) is 0 Å². The Balaban J connectivity index is 1.60. The van der Waals surface area contributed by atoms with Crippen LogP contribution in [0.1, 0.15) is 43.4 Å². The number of aryl methyl sites for hydroxylation is 1. The molecule has 2 aromatic heterocycles. The maximum absolute atomic E-state index is 13.5. The smallest absolute Gasteiger partial charge is 0.349 e. The highest BCUT2D eigenvalue weighted by Crippen LogP contribution is 2.32. The number of alkyl halides is 4. The van der Waals surface area contributed by atoms with Crippen molar-refractivity contribution in [2.24, 2.45) is 0 Å². The van der Waals surface area contributed by atoms with Crippen molar-refractivity contribution in [1.29, 1.82) is 0 Å². The van der Waals surface area contributed by atoms with E-state index < -0.39 is 24.5 Å². The highest BCUT2D eigenvalue weighted by molar-refractivity contribution is 9.10. The van der Waals surface area contributed by atoms with Crippen molar-refractivity contribution in [2.45, 2.75) is 26.6 Å². The first-order chi connectivity index (χ1) is 18.0. The predicted molar refractivity (Wildman–Crippen MR) is 138 cm³/mol. The topological polar surface area (TPSA) is 88.9 Å². The Kier molecular flexibility index (Phi) is 7.81. The molecule has 0 bridgehead atoms. The van der Waals surface area contributed by atoms with E-state index in [0.717, 1.165) is 11.6 Å². The number of nitrogens with zero attached hydrogens (tertiary/aromatic N) is 3. The number of amides is 2.